The minimum absolute atomic E-state index is 0.204. The summed E-state index contributed by atoms with van der Waals surface area (Å²) in [6.45, 7) is 1.98. The average Bonchev–Trinajstić information content (AvgIpc) is 2.65. The third-order valence-electron chi connectivity index (χ3n) is 4.19. The first-order valence-corrected chi connectivity index (χ1v) is 7.62. The lowest BCUT2D eigenvalue weighted by molar-refractivity contribution is -0.148. The highest BCUT2D eigenvalue weighted by Crippen LogP contribution is 2.27. The number of carboxylic acids is 1. The molecule has 4 nitrogen and oxygen atoms in total. The van der Waals surface area contributed by atoms with Crippen molar-refractivity contribution < 1.29 is 14.7 Å². The first kappa shape index (κ1) is 15.5. The van der Waals surface area contributed by atoms with Crippen molar-refractivity contribution in [3.05, 3.63) is 35.4 Å². The second kappa shape index (κ2) is 6.74. The van der Waals surface area contributed by atoms with Gasteiger partial charge in [-0.1, -0.05) is 55.5 Å². The molecule has 1 aromatic rings. The molecule has 2 N–H and O–H groups in total. The summed E-state index contributed by atoms with van der Waals surface area (Å²) in [5, 5.41) is 12.4. The fraction of sp³-hybridized carbons (Fsp3) is 0.529. The Hall–Kier alpha value is -1.84. The molecule has 114 valence electrons. The number of hydrogen-bond donors (Lipinski definition) is 2. The molecule has 0 unspecified atom stereocenters. The number of rotatable bonds is 4. The average molecular weight is 289 g/mol. The minimum Gasteiger partial charge on any atom is -0.480 e. The zero-order valence-electron chi connectivity index (χ0n) is 12.5. The molecule has 1 aromatic carbocycles. The molecule has 21 heavy (non-hydrogen) atoms. The summed E-state index contributed by atoms with van der Waals surface area (Å²) in [6.07, 6.45) is 5.10. The van der Waals surface area contributed by atoms with Crippen molar-refractivity contribution in [1.82, 2.24) is 5.32 Å². The van der Waals surface area contributed by atoms with E-state index in [1.54, 1.807) is 0 Å². The van der Waals surface area contributed by atoms with Gasteiger partial charge in [0.2, 0.25) is 5.91 Å². The highest BCUT2D eigenvalue weighted by Gasteiger charge is 2.39. The van der Waals surface area contributed by atoms with Crippen LogP contribution < -0.4 is 5.32 Å². The molecular formula is C17H23NO3. The van der Waals surface area contributed by atoms with Crippen molar-refractivity contribution in [2.45, 2.75) is 57.4 Å². The molecule has 0 bridgehead atoms. The summed E-state index contributed by atoms with van der Waals surface area (Å²) in [4.78, 5) is 23.9. The molecule has 1 aliphatic rings. The van der Waals surface area contributed by atoms with E-state index in [0.29, 0.717) is 12.8 Å². The van der Waals surface area contributed by atoms with Crippen LogP contribution in [0.5, 0.6) is 0 Å². The summed E-state index contributed by atoms with van der Waals surface area (Å²) in [7, 11) is 0. The van der Waals surface area contributed by atoms with Crippen LogP contribution in [0.2, 0.25) is 0 Å². The van der Waals surface area contributed by atoms with Crippen LogP contribution in [0.3, 0.4) is 0 Å². The number of carboxylic acid groups (broad SMARTS) is 1. The molecule has 0 aliphatic heterocycles. The zero-order valence-corrected chi connectivity index (χ0v) is 12.5. The predicted molar refractivity (Wildman–Crippen MR) is 81.1 cm³/mol. The van der Waals surface area contributed by atoms with Gasteiger partial charge in [-0.05, 0) is 25.3 Å². The lowest BCUT2D eigenvalue weighted by Crippen LogP contribution is -2.54. The van der Waals surface area contributed by atoms with Gasteiger partial charge in [0.1, 0.15) is 5.54 Å². The summed E-state index contributed by atoms with van der Waals surface area (Å²) in [6, 6.07) is 7.75. The van der Waals surface area contributed by atoms with E-state index in [9.17, 15) is 14.7 Å². The molecular weight excluding hydrogens is 266 g/mol. The van der Waals surface area contributed by atoms with Crippen molar-refractivity contribution in [3.8, 4) is 0 Å². The fourth-order valence-electron chi connectivity index (χ4n) is 3.04. The summed E-state index contributed by atoms with van der Waals surface area (Å²) in [5.41, 5.74) is 0.946. The van der Waals surface area contributed by atoms with Gasteiger partial charge in [-0.25, -0.2) is 4.79 Å². The van der Waals surface area contributed by atoms with Gasteiger partial charge in [-0.2, -0.15) is 0 Å². The van der Waals surface area contributed by atoms with Crippen molar-refractivity contribution in [2.24, 2.45) is 0 Å². The summed E-state index contributed by atoms with van der Waals surface area (Å²) in [5.74, 6) is -1.10. The van der Waals surface area contributed by atoms with E-state index in [1.165, 1.54) is 0 Å². The lowest BCUT2D eigenvalue weighted by atomic mass is 9.90. The molecule has 2 rings (SSSR count). The van der Waals surface area contributed by atoms with Crippen LogP contribution in [-0.4, -0.2) is 22.5 Å². The standard InChI is InChI=1S/C17H23NO3/c1-13-7-6-8-14(11-13)12-15(19)18-17(16(20)21)9-4-2-3-5-10-17/h6-8,11H,2-5,9-10,12H2,1H3,(H,18,19)(H,20,21). The molecule has 1 amide bonds. The molecule has 1 saturated carbocycles. The number of carbonyl (C=O) groups excluding carboxylic acids is 1. The van der Waals surface area contributed by atoms with Crippen LogP contribution in [0.4, 0.5) is 0 Å². The van der Waals surface area contributed by atoms with E-state index in [4.69, 9.17) is 0 Å². The normalized spacial score (nSPS) is 17.8. The van der Waals surface area contributed by atoms with Gasteiger partial charge in [-0.15, -0.1) is 0 Å². The number of carbonyl (C=O) groups is 2. The second-order valence-corrected chi connectivity index (χ2v) is 6.02. The van der Waals surface area contributed by atoms with E-state index in [1.807, 2.05) is 31.2 Å². The second-order valence-electron chi connectivity index (χ2n) is 6.02. The van der Waals surface area contributed by atoms with Crippen LogP contribution in [0.15, 0.2) is 24.3 Å². The van der Waals surface area contributed by atoms with E-state index < -0.39 is 11.5 Å². The van der Waals surface area contributed by atoms with Gasteiger partial charge in [0.05, 0.1) is 6.42 Å². The van der Waals surface area contributed by atoms with Gasteiger partial charge in [0.25, 0.3) is 0 Å². The Bertz CT molecular complexity index is 517. The maximum Gasteiger partial charge on any atom is 0.329 e. The maximum absolute atomic E-state index is 12.2. The highest BCUT2D eigenvalue weighted by atomic mass is 16.4. The first-order chi connectivity index (χ1) is 10.0. The minimum atomic E-state index is -1.07. The van der Waals surface area contributed by atoms with Crippen molar-refractivity contribution >= 4 is 11.9 Å². The Morgan fingerprint density at radius 3 is 2.43 bits per heavy atom. The SMILES string of the molecule is Cc1cccc(CC(=O)NC2(C(=O)O)CCCCCC2)c1. The van der Waals surface area contributed by atoms with E-state index in [0.717, 1.165) is 36.8 Å². The number of aliphatic carboxylic acids is 1. The van der Waals surface area contributed by atoms with Crippen molar-refractivity contribution in [1.29, 1.82) is 0 Å². The monoisotopic (exact) mass is 289 g/mol. The third kappa shape index (κ3) is 4.06. The Labute approximate surface area is 125 Å². The van der Waals surface area contributed by atoms with Crippen LogP contribution >= 0.6 is 0 Å². The Balaban J connectivity index is 2.06. The number of aryl methyl sites for hydroxylation is 1. The highest BCUT2D eigenvalue weighted by molar-refractivity contribution is 5.88. The van der Waals surface area contributed by atoms with Gasteiger partial charge in [-0.3, -0.25) is 4.79 Å². The number of amides is 1. The van der Waals surface area contributed by atoms with Crippen LogP contribution in [0, 0.1) is 6.92 Å². The van der Waals surface area contributed by atoms with E-state index >= 15 is 0 Å². The van der Waals surface area contributed by atoms with E-state index in [2.05, 4.69) is 5.32 Å². The molecule has 0 heterocycles. The van der Waals surface area contributed by atoms with Crippen molar-refractivity contribution in [2.75, 3.05) is 0 Å². The Morgan fingerprint density at radius 2 is 1.86 bits per heavy atom. The van der Waals surface area contributed by atoms with E-state index in [-0.39, 0.29) is 12.3 Å². The molecule has 1 aliphatic carbocycles. The molecule has 0 saturated heterocycles. The van der Waals surface area contributed by atoms with Gasteiger partial charge in [0, 0.05) is 0 Å². The number of nitrogens with one attached hydrogen (secondary N) is 1. The summed E-state index contributed by atoms with van der Waals surface area (Å²) < 4.78 is 0. The maximum atomic E-state index is 12.2. The van der Waals surface area contributed by atoms with Gasteiger partial charge >= 0.3 is 5.97 Å². The molecule has 0 spiro atoms. The van der Waals surface area contributed by atoms with Gasteiger partial charge in [0.15, 0.2) is 0 Å². The zero-order chi connectivity index (χ0) is 15.3. The fourth-order valence-corrected chi connectivity index (χ4v) is 3.04. The lowest BCUT2D eigenvalue weighted by Gasteiger charge is -2.29. The van der Waals surface area contributed by atoms with Crippen LogP contribution in [-0.2, 0) is 16.0 Å². The molecule has 0 aromatic heterocycles. The quantitative estimate of drug-likeness (QED) is 0.838. The van der Waals surface area contributed by atoms with Crippen molar-refractivity contribution in [3.63, 3.8) is 0 Å². The largest absolute Gasteiger partial charge is 0.480 e. The Morgan fingerprint density at radius 1 is 1.19 bits per heavy atom. The summed E-state index contributed by atoms with van der Waals surface area (Å²) >= 11 is 0. The third-order valence-corrected chi connectivity index (χ3v) is 4.19. The predicted octanol–water partition coefficient (Wildman–Crippen LogP) is 2.83. The number of hydrogen-bond acceptors (Lipinski definition) is 2. The van der Waals surface area contributed by atoms with Crippen LogP contribution in [0.1, 0.15) is 49.7 Å². The smallest absolute Gasteiger partial charge is 0.329 e. The molecule has 1 fully saturated rings. The number of benzene rings is 1. The van der Waals surface area contributed by atoms with Gasteiger partial charge < -0.3 is 10.4 Å². The molecule has 0 radical (unpaired) electrons. The first-order valence-electron chi connectivity index (χ1n) is 7.62. The molecule has 4 heteroatoms. The Kier molecular flexibility index (Phi) is 4.99. The molecule has 0 atom stereocenters. The van der Waals surface area contributed by atoms with Crippen LogP contribution in [0.25, 0.3) is 0 Å². The topological polar surface area (TPSA) is 66.4 Å².